The van der Waals surface area contributed by atoms with Gasteiger partial charge in [0.2, 0.25) is 0 Å². The minimum atomic E-state index is -4.43. The second kappa shape index (κ2) is 6.78. The Balaban J connectivity index is 2.05. The van der Waals surface area contributed by atoms with Gasteiger partial charge in [-0.1, -0.05) is 0 Å². The van der Waals surface area contributed by atoms with Gasteiger partial charge in [0.15, 0.2) is 5.13 Å². The molecule has 0 aliphatic heterocycles. The number of hydrogen-bond acceptors (Lipinski definition) is 5. The summed E-state index contributed by atoms with van der Waals surface area (Å²) in [7, 11) is 0. The van der Waals surface area contributed by atoms with Crippen LogP contribution >= 0.6 is 23.6 Å². The lowest BCUT2D eigenvalue weighted by Gasteiger charge is -2.07. The van der Waals surface area contributed by atoms with Gasteiger partial charge in [0, 0.05) is 10.9 Å². The zero-order chi connectivity index (χ0) is 16.2. The molecule has 1 N–H and O–H groups in total. The van der Waals surface area contributed by atoms with E-state index in [0.29, 0.717) is 10.8 Å². The van der Waals surface area contributed by atoms with Crippen LogP contribution in [0.3, 0.4) is 0 Å². The Hall–Kier alpha value is -2.09. The lowest BCUT2D eigenvalue weighted by atomic mass is 10.1. The highest BCUT2D eigenvalue weighted by Crippen LogP contribution is 2.29. The van der Waals surface area contributed by atoms with Crippen molar-refractivity contribution in [3.05, 3.63) is 46.5 Å². The summed E-state index contributed by atoms with van der Waals surface area (Å²) in [6, 6.07) is 3.94. The van der Waals surface area contributed by atoms with E-state index in [1.54, 1.807) is 5.38 Å². The molecule has 9 heteroatoms. The van der Waals surface area contributed by atoms with Crippen LogP contribution in [0.5, 0.6) is 0 Å². The number of anilines is 1. The maximum absolute atomic E-state index is 12.4. The van der Waals surface area contributed by atoms with Crippen LogP contribution in [0.2, 0.25) is 0 Å². The maximum Gasteiger partial charge on any atom is 0.416 e. The molecule has 1 aromatic heterocycles. The van der Waals surface area contributed by atoms with Gasteiger partial charge in [-0.15, -0.1) is 11.3 Å². The summed E-state index contributed by atoms with van der Waals surface area (Å²) in [6.45, 7) is 0.260. The molecule has 114 valence electrons. The first-order valence-electron chi connectivity index (χ1n) is 5.87. The quantitative estimate of drug-likeness (QED) is 0.674. The lowest BCUT2D eigenvalue weighted by molar-refractivity contribution is -0.137. The molecule has 4 nitrogen and oxygen atoms in total. The number of amides is 1. The molecule has 1 amide bonds. The molecular formula is C13H8F3N3OS2. The van der Waals surface area contributed by atoms with Crippen molar-refractivity contribution in [3.63, 3.8) is 0 Å². The van der Waals surface area contributed by atoms with E-state index in [4.69, 9.17) is 0 Å². The zero-order valence-corrected chi connectivity index (χ0v) is 12.5. The van der Waals surface area contributed by atoms with Gasteiger partial charge in [-0.25, -0.2) is 9.98 Å². The number of thiocarbonyl (C=S) groups is 1. The van der Waals surface area contributed by atoms with E-state index in [0.717, 1.165) is 24.3 Å². The van der Waals surface area contributed by atoms with Crippen molar-refractivity contribution in [1.82, 2.24) is 4.98 Å². The molecule has 0 atom stereocenters. The molecule has 0 aliphatic rings. The molecule has 0 unspecified atom stereocenters. The van der Waals surface area contributed by atoms with Crippen LogP contribution in [-0.2, 0) is 12.7 Å². The number of thiazole rings is 1. The van der Waals surface area contributed by atoms with Crippen LogP contribution in [0.15, 0.2) is 34.6 Å². The molecule has 0 spiro atoms. The fourth-order valence-electron chi connectivity index (χ4n) is 1.53. The third-order valence-corrected chi connectivity index (χ3v) is 3.49. The van der Waals surface area contributed by atoms with Gasteiger partial charge in [-0.3, -0.25) is 10.1 Å². The molecule has 0 saturated carbocycles. The molecule has 1 aromatic carbocycles. The normalized spacial score (nSPS) is 10.9. The number of isothiocyanates is 1. The standard InChI is InChI=1S/C13H8F3N3OS2/c14-13(15,16)9-3-1-8(2-4-9)11(20)19-12-18-10(6-22-12)5-17-7-21/h1-4,6H,5H2,(H,18,19,20). The summed E-state index contributed by atoms with van der Waals surface area (Å²) >= 11 is 5.62. The molecule has 0 radical (unpaired) electrons. The second-order valence-electron chi connectivity index (χ2n) is 4.08. The Morgan fingerprint density at radius 1 is 1.36 bits per heavy atom. The highest BCUT2D eigenvalue weighted by molar-refractivity contribution is 7.78. The maximum atomic E-state index is 12.4. The van der Waals surface area contributed by atoms with Crippen molar-refractivity contribution in [2.45, 2.75) is 12.7 Å². The van der Waals surface area contributed by atoms with Crippen LogP contribution in [0.1, 0.15) is 21.6 Å². The molecule has 2 rings (SSSR count). The highest BCUT2D eigenvalue weighted by atomic mass is 32.1. The van der Waals surface area contributed by atoms with E-state index in [1.165, 1.54) is 11.3 Å². The second-order valence-corrected chi connectivity index (χ2v) is 5.12. The fourth-order valence-corrected chi connectivity index (χ4v) is 2.29. The molecule has 0 fully saturated rings. The van der Waals surface area contributed by atoms with Crippen molar-refractivity contribution in [3.8, 4) is 0 Å². The lowest BCUT2D eigenvalue weighted by Crippen LogP contribution is -2.12. The number of carbonyl (C=O) groups excluding carboxylic acids is 1. The average Bonchev–Trinajstić information content (AvgIpc) is 2.92. The van der Waals surface area contributed by atoms with Gasteiger partial charge in [0.1, 0.15) is 0 Å². The van der Waals surface area contributed by atoms with Crippen molar-refractivity contribution in [2.24, 2.45) is 4.99 Å². The van der Waals surface area contributed by atoms with E-state index < -0.39 is 17.6 Å². The Morgan fingerprint density at radius 2 is 2.05 bits per heavy atom. The molecule has 0 aliphatic carbocycles. The van der Waals surface area contributed by atoms with E-state index in [9.17, 15) is 18.0 Å². The molecule has 2 aromatic rings. The zero-order valence-electron chi connectivity index (χ0n) is 10.8. The van der Waals surface area contributed by atoms with Gasteiger partial charge in [0.25, 0.3) is 5.91 Å². The van der Waals surface area contributed by atoms with Crippen LogP contribution in [0.4, 0.5) is 18.3 Å². The summed E-state index contributed by atoms with van der Waals surface area (Å²) in [6.07, 6.45) is -4.43. The fraction of sp³-hybridized carbons (Fsp3) is 0.154. The number of nitrogens with zero attached hydrogens (tertiary/aromatic N) is 2. The number of carbonyl (C=O) groups is 1. The number of benzene rings is 1. The van der Waals surface area contributed by atoms with Crippen LogP contribution < -0.4 is 5.32 Å². The molecular weight excluding hydrogens is 335 g/mol. The number of alkyl halides is 3. The van der Waals surface area contributed by atoms with E-state index >= 15 is 0 Å². The van der Waals surface area contributed by atoms with Crippen molar-refractivity contribution in [1.29, 1.82) is 0 Å². The van der Waals surface area contributed by atoms with Gasteiger partial charge in [0.05, 0.1) is 23.0 Å². The molecule has 0 bridgehead atoms. The van der Waals surface area contributed by atoms with Gasteiger partial charge >= 0.3 is 6.18 Å². The number of halogens is 3. The van der Waals surface area contributed by atoms with E-state index in [2.05, 4.69) is 32.7 Å². The third kappa shape index (κ3) is 4.20. The predicted octanol–water partition coefficient (Wildman–Crippen LogP) is 4.02. The summed E-state index contributed by atoms with van der Waals surface area (Å²) in [5.74, 6) is -0.534. The topological polar surface area (TPSA) is 54.4 Å². The van der Waals surface area contributed by atoms with Crippen LogP contribution in [0, 0.1) is 0 Å². The first-order valence-corrected chi connectivity index (χ1v) is 7.15. The molecule has 22 heavy (non-hydrogen) atoms. The summed E-state index contributed by atoms with van der Waals surface area (Å²) in [5.41, 5.74) is -0.0784. The minimum absolute atomic E-state index is 0.113. The minimum Gasteiger partial charge on any atom is -0.298 e. The number of aliphatic imine (C=N–C) groups is 1. The van der Waals surface area contributed by atoms with Gasteiger partial charge in [-0.05, 0) is 36.5 Å². The van der Waals surface area contributed by atoms with Gasteiger partial charge in [-0.2, -0.15) is 13.2 Å². The van der Waals surface area contributed by atoms with Crippen molar-refractivity contribution < 1.29 is 18.0 Å². The van der Waals surface area contributed by atoms with Crippen LogP contribution in [0.25, 0.3) is 0 Å². The number of hydrogen-bond donors (Lipinski definition) is 1. The summed E-state index contributed by atoms with van der Waals surface area (Å²) in [5, 5.41) is 6.74. The highest BCUT2D eigenvalue weighted by Gasteiger charge is 2.30. The van der Waals surface area contributed by atoms with Crippen LogP contribution in [-0.4, -0.2) is 16.1 Å². The summed E-state index contributed by atoms with van der Waals surface area (Å²) < 4.78 is 37.3. The molecule has 1 heterocycles. The first-order chi connectivity index (χ1) is 10.4. The van der Waals surface area contributed by atoms with E-state index in [-0.39, 0.29) is 12.1 Å². The van der Waals surface area contributed by atoms with Gasteiger partial charge < -0.3 is 0 Å². The molecule has 0 saturated heterocycles. The predicted molar refractivity (Wildman–Crippen MR) is 80.2 cm³/mol. The number of aromatic nitrogens is 1. The number of rotatable bonds is 4. The van der Waals surface area contributed by atoms with Crippen molar-refractivity contribution in [2.75, 3.05) is 5.32 Å². The average molecular weight is 343 g/mol. The summed E-state index contributed by atoms with van der Waals surface area (Å²) in [4.78, 5) is 19.7. The van der Waals surface area contributed by atoms with Crippen molar-refractivity contribution >= 4 is 39.8 Å². The first kappa shape index (κ1) is 16.3. The van der Waals surface area contributed by atoms with E-state index in [1.807, 2.05) is 0 Å². The largest absolute Gasteiger partial charge is 0.416 e. The number of nitrogens with one attached hydrogen (secondary N) is 1. The Kier molecular flexibility index (Phi) is 5.02. The monoisotopic (exact) mass is 343 g/mol. The third-order valence-electron chi connectivity index (χ3n) is 2.55. The Bertz CT molecular complexity index is 719. The smallest absolute Gasteiger partial charge is 0.298 e. The Labute approximate surface area is 132 Å². The SMILES string of the molecule is O=C(Nc1nc(CN=C=S)cs1)c1ccc(C(F)(F)F)cc1. The Morgan fingerprint density at radius 3 is 2.64 bits per heavy atom.